The van der Waals surface area contributed by atoms with Gasteiger partial charge in [-0.2, -0.15) is 35.1 Å². The second kappa shape index (κ2) is 13.1. The molecule has 0 amide bonds. The molecule has 1 atom stereocenters. The molecule has 4 aromatic rings. The average Bonchev–Trinajstić information content (AvgIpc) is 2.96. The summed E-state index contributed by atoms with van der Waals surface area (Å²) in [7, 11) is 0. The fraction of sp³-hybridized carbons (Fsp3) is 0.226. The first-order valence-electron chi connectivity index (χ1n) is 13.1. The first kappa shape index (κ1) is 34.3. The van der Waals surface area contributed by atoms with Crippen LogP contribution in [0.3, 0.4) is 0 Å². The quantitative estimate of drug-likeness (QED) is 0.171. The van der Waals surface area contributed by atoms with E-state index in [1.807, 2.05) is 0 Å². The molecule has 0 saturated heterocycles. The SMILES string of the molecule is OCC(c1ccccc1C(F)(F)F)N(Cc1cccc(C(F)(F)C(F)(F)F)c1)c1cccc(Oc2cccc(OC(F)(F)F)c2)c1. The van der Waals surface area contributed by atoms with Crippen LogP contribution in [0.5, 0.6) is 17.2 Å². The second-order valence-corrected chi connectivity index (χ2v) is 9.81. The molecule has 0 bridgehead atoms. The van der Waals surface area contributed by atoms with Gasteiger partial charge < -0.3 is 19.5 Å². The third kappa shape index (κ3) is 8.19. The van der Waals surface area contributed by atoms with Gasteiger partial charge in [0.15, 0.2) is 0 Å². The Morgan fingerprint density at radius 3 is 1.89 bits per heavy atom. The van der Waals surface area contributed by atoms with Crippen molar-refractivity contribution in [3.63, 3.8) is 0 Å². The molecule has 0 aliphatic rings. The number of hydrogen-bond donors (Lipinski definition) is 1. The normalized spacial score (nSPS) is 13.3. The number of benzene rings is 4. The van der Waals surface area contributed by atoms with E-state index < -0.39 is 66.3 Å². The molecule has 15 heteroatoms. The maximum Gasteiger partial charge on any atom is 0.573 e. The maximum atomic E-state index is 14.2. The topological polar surface area (TPSA) is 41.9 Å². The number of anilines is 1. The van der Waals surface area contributed by atoms with Crippen LogP contribution >= 0.6 is 0 Å². The highest BCUT2D eigenvalue weighted by molar-refractivity contribution is 5.55. The molecule has 1 N–H and O–H groups in total. The second-order valence-electron chi connectivity index (χ2n) is 9.81. The Labute approximate surface area is 254 Å². The van der Waals surface area contributed by atoms with Gasteiger partial charge in [-0.3, -0.25) is 0 Å². The fourth-order valence-electron chi connectivity index (χ4n) is 4.61. The van der Waals surface area contributed by atoms with Crippen molar-refractivity contribution in [2.24, 2.45) is 0 Å². The fourth-order valence-corrected chi connectivity index (χ4v) is 4.61. The number of aliphatic hydroxyl groups excluding tert-OH is 1. The van der Waals surface area contributed by atoms with Gasteiger partial charge in [0.25, 0.3) is 0 Å². The molecular weight excluding hydrogens is 643 g/mol. The number of nitrogens with zero attached hydrogens (tertiary/aromatic N) is 1. The summed E-state index contributed by atoms with van der Waals surface area (Å²) < 4.78 is 157. The summed E-state index contributed by atoms with van der Waals surface area (Å²) >= 11 is 0. The van der Waals surface area contributed by atoms with Crippen molar-refractivity contribution >= 4 is 5.69 Å². The summed E-state index contributed by atoms with van der Waals surface area (Å²) in [5.74, 6) is -6.04. The zero-order valence-electron chi connectivity index (χ0n) is 23.1. The molecule has 246 valence electrons. The Morgan fingerprint density at radius 1 is 0.652 bits per heavy atom. The number of hydrogen-bond acceptors (Lipinski definition) is 4. The van der Waals surface area contributed by atoms with Crippen LogP contribution in [0.2, 0.25) is 0 Å². The Morgan fingerprint density at radius 2 is 1.26 bits per heavy atom. The number of aliphatic hydroxyl groups is 1. The van der Waals surface area contributed by atoms with E-state index in [2.05, 4.69) is 4.74 Å². The van der Waals surface area contributed by atoms with Crippen molar-refractivity contribution in [1.82, 2.24) is 0 Å². The molecule has 0 spiro atoms. The molecule has 4 aromatic carbocycles. The molecule has 0 heterocycles. The van der Waals surface area contributed by atoms with E-state index in [-0.39, 0.29) is 22.7 Å². The van der Waals surface area contributed by atoms with E-state index in [1.165, 1.54) is 48.5 Å². The third-order valence-corrected chi connectivity index (χ3v) is 6.60. The summed E-state index contributed by atoms with van der Waals surface area (Å²) in [5, 5.41) is 10.4. The van der Waals surface area contributed by atoms with Gasteiger partial charge in [-0.15, -0.1) is 13.2 Å². The third-order valence-electron chi connectivity index (χ3n) is 6.60. The summed E-state index contributed by atoms with van der Waals surface area (Å²) in [6.45, 7) is -1.54. The van der Waals surface area contributed by atoms with E-state index >= 15 is 0 Å². The first-order valence-corrected chi connectivity index (χ1v) is 13.1. The lowest BCUT2D eigenvalue weighted by Crippen LogP contribution is -2.34. The summed E-state index contributed by atoms with van der Waals surface area (Å²) in [6.07, 6.45) is -15.8. The molecule has 1 unspecified atom stereocenters. The van der Waals surface area contributed by atoms with Gasteiger partial charge in [0.1, 0.15) is 17.2 Å². The van der Waals surface area contributed by atoms with Crippen LogP contribution in [0, 0.1) is 0 Å². The number of rotatable bonds is 10. The van der Waals surface area contributed by atoms with Gasteiger partial charge in [-0.05, 0) is 47.5 Å². The lowest BCUT2D eigenvalue weighted by molar-refractivity contribution is -0.289. The Bertz CT molecular complexity index is 1640. The van der Waals surface area contributed by atoms with E-state index in [1.54, 1.807) is 0 Å². The Kier molecular flexibility index (Phi) is 9.75. The number of alkyl halides is 11. The van der Waals surface area contributed by atoms with Crippen molar-refractivity contribution in [1.29, 1.82) is 0 Å². The van der Waals surface area contributed by atoms with Crippen molar-refractivity contribution in [3.05, 3.63) is 119 Å². The van der Waals surface area contributed by atoms with Crippen LogP contribution in [-0.4, -0.2) is 24.3 Å². The first-order chi connectivity index (χ1) is 21.4. The molecule has 0 aliphatic heterocycles. The zero-order valence-corrected chi connectivity index (χ0v) is 23.1. The van der Waals surface area contributed by atoms with Crippen molar-refractivity contribution in [2.75, 3.05) is 11.5 Å². The molecule has 46 heavy (non-hydrogen) atoms. The molecule has 4 rings (SSSR count). The smallest absolute Gasteiger partial charge is 0.457 e. The van der Waals surface area contributed by atoms with Crippen LogP contribution in [0.1, 0.15) is 28.3 Å². The standard InChI is InChI=1S/C31H22F11NO3/c32-28(33,30(37,38)39)20-7-3-6-19(14-20)17-43(27(18-44)25-12-1-2-13-26(25)29(34,35)36)21-8-4-9-22(15-21)45-23-10-5-11-24(16-23)46-31(40,41)42/h1-16,27,44H,17-18H2. The highest BCUT2D eigenvalue weighted by Gasteiger charge is 2.58. The maximum absolute atomic E-state index is 14.2. The van der Waals surface area contributed by atoms with E-state index in [0.29, 0.717) is 12.1 Å². The lowest BCUT2D eigenvalue weighted by Gasteiger charge is -2.35. The molecule has 4 nitrogen and oxygen atoms in total. The summed E-state index contributed by atoms with van der Waals surface area (Å²) in [4.78, 5) is 1.14. The molecule has 0 aliphatic carbocycles. The van der Waals surface area contributed by atoms with Gasteiger partial charge in [-0.1, -0.05) is 48.5 Å². The average molecular weight is 665 g/mol. The van der Waals surface area contributed by atoms with Crippen molar-refractivity contribution in [2.45, 2.75) is 37.2 Å². The van der Waals surface area contributed by atoms with Gasteiger partial charge in [0, 0.05) is 29.9 Å². The minimum Gasteiger partial charge on any atom is -0.457 e. The lowest BCUT2D eigenvalue weighted by atomic mass is 9.97. The minimum absolute atomic E-state index is 0.0178. The van der Waals surface area contributed by atoms with Gasteiger partial charge in [-0.25, -0.2) is 0 Å². The van der Waals surface area contributed by atoms with E-state index in [9.17, 15) is 53.4 Å². The van der Waals surface area contributed by atoms with Gasteiger partial charge >= 0.3 is 24.6 Å². The van der Waals surface area contributed by atoms with Crippen LogP contribution in [0.4, 0.5) is 54.0 Å². The van der Waals surface area contributed by atoms with Crippen LogP contribution in [0.25, 0.3) is 0 Å². The minimum atomic E-state index is -5.93. The number of ether oxygens (including phenoxy) is 2. The van der Waals surface area contributed by atoms with Gasteiger partial charge in [0.05, 0.1) is 18.2 Å². The highest BCUT2D eigenvalue weighted by atomic mass is 19.4. The predicted octanol–water partition coefficient (Wildman–Crippen LogP) is 9.79. The molecule has 0 aromatic heterocycles. The number of halogens is 11. The summed E-state index contributed by atoms with van der Waals surface area (Å²) in [6, 6.07) is 15.6. The van der Waals surface area contributed by atoms with E-state index in [0.717, 1.165) is 41.3 Å². The van der Waals surface area contributed by atoms with Crippen LogP contribution in [-0.2, 0) is 18.6 Å². The van der Waals surface area contributed by atoms with Crippen LogP contribution < -0.4 is 14.4 Å². The zero-order chi connectivity index (χ0) is 33.9. The largest absolute Gasteiger partial charge is 0.573 e. The predicted molar refractivity (Wildman–Crippen MR) is 143 cm³/mol. The van der Waals surface area contributed by atoms with Crippen LogP contribution in [0.15, 0.2) is 97.1 Å². The molecular formula is C31H22F11NO3. The summed E-state index contributed by atoms with van der Waals surface area (Å²) in [5.41, 5.74) is -3.13. The van der Waals surface area contributed by atoms with Gasteiger partial charge in [0.2, 0.25) is 0 Å². The molecule has 0 radical (unpaired) electrons. The van der Waals surface area contributed by atoms with Crippen molar-refractivity contribution < 1.29 is 62.9 Å². The highest BCUT2D eigenvalue weighted by Crippen LogP contribution is 2.45. The molecule has 0 fully saturated rings. The Balaban J connectivity index is 1.79. The van der Waals surface area contributed by atoms with E-state index in [4.69, 9.17) is 4.74 Å². The monoisotopic (exact) mass is 665 g/mol. The molecule has 0 saturated carbocycles. The Hall–Kier alpha value is -4.53. The van der Waals surface area contributed by atoms with Crippen molar-refractivity contribution in [3.8, 4) is 17.2 Å².